The summed E-state index contributed by atoms with van der Waals surface area (Å²) >= 11 is 0. The average Bonchev–Trinajstić information content (AvgIpc) is 3.04. The van der Waals surface area contributed by atoms with Gasteiger partial charge in [-0.15, -0.1) is 0 Å². The number of hydrogen-bond acceptors (Lipinski definition) is 4. The van der Waals surface area contributed by atoms with Crippen molar-refractivity contribution in [2.45, 2.75) is 32.4 Å². The molecule has 0 aliphatic heterocycles. The predicted octanol–water partition coefficient (Wildman–Crippen LogP) is 1.24. The molecular formula is C12H17NO4. The third-order valence-electron chi connectivity index (χ3n) is 3.06. The summed E-state index contributed by atoms with van der Waals surface area (Å²) in [5.41, 5.74) is 0.891. The van der Waals surface area contributed by atoms with Gasteiger partial charge in [-0.25, -0.2) is 4.79 Å². The first-order valence-electron chi connectivity index (χ1n) is 5.79. The van der Waals surface area contributed by atoms with Crippen LogP contribution in [0.2, 0.25) is 0 Å². The van der Waals surface area contributed by atoms with Crippen molar-refractivity contribution in [3.05, 3.63) is 23.2 Å². The van der Waals surface area contributed by atoms with Crippen molar-refractivity contribution in [3.63, 3.8) is 0 Å². The molecule has 0 unspecified atom stereocenters. The SMILES string of the molecule is Cc1oc(C(=O)O)cc1CN(CCO)C1CC1. The summed E-state index contributed by atoms with van der Waals surface area (Å²) in [7, 11) is 0. The molecule has 1 heterocycles. The van der Waals surface area contributed by atoms with E-state index in [1.807, 2.05) is 0 Å². The standard InChI is InChI=1S/C12H17NO4/c1-8-9(6-11(17-8)12(15)16)7-13(4-5-14)10-2-3-10/h6,10,14H,2-5,7H2,1H3,(H,15,16). The molecule has 1 aromatic heterocycles. The quantitative estimate of drug-likeness (QED) is 0.781. The molecule has 0 spiro atoms. The van der Waals surface area contributed by atoms with Crippen LogP contribution in [0.25, 0.3) is 0 Å². The van der Waals surface area contributed by atoms with Crippen LogP contribution in [-0.4, -0.2) is 40.3 Å². The van der Waals surface area contributed by atoms with Crippen molar-refractivity contribution in [3.8, 4) is 0 Å². The van der Waals surface area contributed by atoms with Gasteiger partial charge in [0.1, 0.15) is 5.76 Å². The molecular weight excluding hydrogens is 222 g/mol. The molecule has 1 aliphatic rings. The molecule has 0 radical (unpaired) electrons. The summed E-state index contributed by atoms with van der Waals surface area (Å²) in [5, 5.41) is 17.8. The zero-order chi connectivity index (χ0) is 12.4. The van der Waals surface area contributed by atoms with Gasteiger partial charge in [-0.05, 0) is 25.8 Å². The van der Waals surface area contributed by atoms with Gasteiger partial charge in [-0.2, -0.15) is 0 Å². The largest absolute Gasteiger partial charge is 0.475 e. The van der Waals surface area contributed by atoms with Crippen molar-refractivity contribution in [2.24, 2.45) is 0 Å². The highest BCUT2D eigenvalue weighted by molar-refractivity contribution is 5.84. The van der Waals surface area contributed by atoms with E-state index in [0.29, 0.717) is 24.9 Å². The zero-order valence-electron chi connectivity index (χ0n) is 9.85. The summed E-state index contributed by atoms with van der Waals surface area (Å²) in [6, 6.07) is 2.11. The summed E-state index contributed by atoms with van der Waals surface area (Å²) in [6.45, 7) is 3.16. The van der Waals surface area contributed by atoms with Crippen molar-refractivity contribution in [1.82, 2.24) is 4.90 Å². The van der Waals surface area contributed by atoms with Crippen LogP contribution in [0.15, 0.2) is 10.5 Å². The lowest BCUT2D eigenvalue weighted by Crippen LogP contribution is -2.28. The second kappa shape index (κ2) is 4.89. The molecule has 2 rings (SSSR count). The normalized spacial score (nSPS) is 15.5. The Labute approximate surface area is 99.6 Å². The van der Waals surface area contributed by atoms with Gasteiger partial charge >= 0.3 is 5.97 Å². The number of furan rings is 1. The molecule has 94 valence electrons. The van der Waals surface area contributed by atoms with Crippen LogP contribution >= 0.6 is 0 Å². The van der Waals surface area contributed by atoms with Gasteiger partial charge in [0.05, 0.1) is 6.61 Å². The zero-order valence-corrected chi connectivity index (χ0v) is 9.85. The number of carboxylic acids is 1. The molecule has 2 N–H and O–H groups in total. The smallest absolute Gasteiger partial charge is 0.371 e. The topological polar surface area (TPSA) is 73.9 Å². The van der Waals surface area contributed by atoms with Crippen LogP contribution < -0.4 is 0 Å². The van der Waals surface area contributed by atoms with Crippen LogP contribution in [0.5, 0.6) is 0 Å². The van der Waals surface area contributed by atoms with Gasteiger partial charge in [0.25, 0.3) is 0 Å². The average molecular weight is 239 g/mol. The summed E-state index contributed by atoms with van der Waals surface area (Å²) < 4.78 is 5.17. The minimum Gasteiger partial charge on any atom is -0.475 e. The van der Waals surface area contributed by atoms with E-state index in [4.69, 9.17) is 14.6 Å². The van der Waals surface area contributed by atoms with Gasteiger partial charge in [0.15, 0.2) is 0 Å². The van der Waals surface area contributed by atoms with Crippen LogP contribution in [-0.2, 0) is 6.54 Å². The van der Waals surface area contributed by atoms with Crippen LogP contribution in [0.3, 0.4) is 0 Å². The molecule has 0 aromatic carbocycles. The predicted molar refractivity (Wildman–Crippen MR) is 60.9 cm³/mol. The lowest BCUT2D eigenvalue weighted by atomic mass is 10.2. The van der Waals surface area contributed by atoms with Crippen LogP contribution in [0.4, 0.5) is 0 Å². The second-order valence-electron chi connectivity index (χ2n) is 4.42. The van der Waals surface area contributed by atoms with Crippen molar-refractivity contribution in [1.29, 1.82) is 0 Å². The molecule has 0 amide bonds. The summed E-state index contributed by atoms with van der Waals surface area (Å²) in [5.74, 6) is -0.414. The van der Waals surface area contributed by atoms with Gasteiger partial charge in [-0.3, -0.25) is 4.90 Å². The van der Waals surface area contributed by atoms with Crippen molar-refractivity contribution < 1.29 is 19.4 Å². The van der Waals surface area contributed by atoms with Crippen molar-refractivity contribution >= 4 is 5.97 Å². The lowest BCUT2D eigenvalue weighted by Gasteiger charge is -2.20. The number of aliphatic hydroxyl groups is 1. The summed E-state index contributed by atoms with van der Waals surface area (Å²) in [4.78, 5) is 12.9. The fourth-order valence-corrected chi connectivity index (χ4v) is 1.96. The molecule has 5 heteroatoms. The van der Waals surface area contributed by atoms with E-state index in [2.05, 4.69) is 4.90 Å². The molecule has 0 atom stereocenters. The third kappa shape index (κ3) is 2.87. The highest BCUT2D eigenvalue weighted by Gasteiger charge is 2.29. The van der Waals surface area contributed by atoms with E-state index < -0.39 is 5.97 Å². The van der Waals surface area contributed by atoms with E-state index in [1.165, 1.54) is 0 Å². The fraction of sp³-hybridized carbons (Fsp3) is 0.583. The number of carbonyl (C=O) groups is 1. The van der Waals surface area contributed by atoms with Gasteiger partial charge in [0.2, 0.25) is 5.76 Å². The highest BCUT2D eigenvalue weighted by atomic mass is 16.4. The van der Waals surface area contributed by atoms with Crippen molar-refractivity contribution in [2.75, 3.05) is 13.2 Å². The van der Waals surface area contributed by atoms with Gasteiger partial charge in [0, 0.05) is 24.7 Å². The lowest BCUT2D eigenvalue weighted by molar-refractivity contribution is 0.0661. The first-order chi connectivity index (χ1) is 8.11. The fourth-order valence-electron chi connectivity index (χ4n) is 1.96. The first-order valence-corrected chi connectivity index (χ1v) is 5.79. The molecule has 17 heavy (non-hydrogen) atoms. The maximum atomic E-state index is 10.8. The van der Waals surface area contributed by atoms with E-state index in [9.17, 15) is 4.79 Å². The second-order valence-corrected chi connectivity index (χ2v) is 4.42. The Morgan fingerprint density at radius 3 is 2.76 bits per heavy atom. The maximum absolute atomic E-state index is 10.8. The number of nitrogens with zero attached hydrogens (tertiary/aromatic N) is 1. The summed E-state index contributed by atoms with van der Waals surface area (Å²) in [6.07, 6.45) is 2.31. The number of aryl methyl sites for hydroxylation is 1. The number of aromatic carboxylic acids is 1. The number of aliphatic hydroxyl groups excluding tert-OH is 1. The molecule has 1 aliphatic carbocycles. The number of carboxylic acid groups (broad SMARTS) is 1. The van der Waals surface area contributed by atoms with Gasteiger partial charge < -0.3 is 14.6 Å². The van der Waals surface area contributed by atoms with E-state index in [1.54, 1.807) is 13.0 Å². The molecule has 0 bridgehead atoms. The third-order valence-corrected chi connectivity index (χ3v) is 3.06. The molecule has 1 aromatic rings. The molecule has 0 saturated heterocycles. The van der Waals surface area contributed by atoms with E-state index in [-0.39, 0.29) is 12.4 Å². The van der Waals surface area contributed by atoms with Crippen LogP contribution in [0, 0.1) is 6.92 Å². The number of rotatable bonds is 6. The Bertz CT molecular complexity index is 409. The maximum Gasteiger partial charge on any atom is 0.371 e. The first kappa shape index (κ1) is 12.1. The highest BCUT2D eigenvalue weighted by Crippen LogP contribution is 2.29. The Balaban J connectivity index is 2.08. The Kier molecular flexibility index (Phi) is 3.49. The minimum absolute atomic E-state index is 0.0164. The van der Waals surface area contributed by atoms with Gasteiger partial charge in [-0.1, -0.05) is 0 Å². The monoisotopic (exact) mass is 239 g/mol. The number of hydrogen-bond donors (Lipinski definition) is 2. The Morgan fingerprint density at radius 1 is 1.59 bits per heavy atom. The van der Waals surface area contributed by atoms with Crippen LogP contribution in [0.1, 0.15) is 34.7 Å². The van der Waals surface area contributed by atoms with E-state index >= 15 is 0 Å². The Hall–Kier alpha value is -1.33. The Morgan fingerprint density at radius 2 is 2.29 bits per heavy atom. The minimum atomic E-state index is -1.04. The molecule has 1 fully saturated rings. The van der Waals surface area contributed by atoms with E-state index in [0.717, 1.165) is 18.4 Å². The molecule has 5 nitrogen and oxygen atoms in total. The molecule has 1 saturated carbocycles.